The number of carboxylic acids is 1. The van der Waals surface area contributed by atoms with Crippen molar-refractivity contribution < 1.29 is 14.7 Å². The van der Waals surface area contributed by atoms with E-state index < -0.39 is 5.97 Å². The molecule has 0 saturated heterocycles. The maximum Gasteiger partial charge on any atom is 0.303 e. The minimum atomic E-state index is -0.798. The molecule has 0 bridgehead atoms. The minimum absolute atomic E-state index is 0.0588. The summed E-state index contributed by atoms with van der Waals surface area (Å²) in [5.41, 5.74) is 5.75. The van der Waals surface area contributed by atoms with Crippen LogP contribution in [0.2, 0.25) is 0 Å². The Labute approximate surface area is 96.4 Å². The molecule has 0 rings (SSSR count). The summed E-state index contributed by atoms with van der Waals surface area (Å²) in [6, 6.07) is -0.112. The Bertz CT molecular complexity index is 229. The van der Waals surface area contributed by atoms with Gasteiger partial charge in [0.15, 0.2) is 0 Å². The number of amides is 1. The topological polar surface area (TPSA) is 92.4 Å². The van der Waals surface area contributed by atoms with E-state index in [0.717, 1.165) is 0 Å². The van der Waals surface area contributed by atoms with Gasteiger partial charge in [0.1, 0.15) is 0 Å². The molecule has 0 radical (unpaired) electrons. The Morgan fingerprint density at radius 3 is 2.44 bits per heavy atom. The average Bonchev–Trinajstić information content (AvgIpc) is 2.16. The van der Waals surface area contributed by atoms with Gasteiger partial charge in [-0.05, 0) is 18.8 Å². The van der Waals surface area contributed by atoms with Crippen LogP contribution in [0.1, 0.15) is 39.5 Å². The van der Waals surface area contributed by atoms with Crippen molar-refractivity contribution in [2.24, 2.45) is 11.7 Å². The summed E-state index contributed by atoms with van der Waals surface area (Å²) in [5.74, 6) is -0.567. The minimum Gasteiger partial charge on any atom is -0.481 e. The molecule has 0 aromatic carbocycles. The SMILES string of the molecule is CC(C)C(N)CC(=O)NCCCCC(=O)O. The fourth-order valence-electron chi connectivity index (χ4n) is 1.15. The third-order valence-corrected chi connectivity index (χ3v) is 2.42. The molecule has 0 heterocycles. The number of unbranched alkanes of at least 4 members (excludes halogenated alkanes) is 1. The van der Waals surface area contributed by atoms with Crippen LogP contribution in [0, 0.1) is 5.92 Å². The summed E-state index contributed by atoms with van der Waals surface area (Å²) < 4.78 is 0. The summed E-state index contributed by atoms with van der Waals surface area (Å²) in [6.45, 7) is 4.48. The van der Waals surface area contributed by atoms with Gasteiger partial charge in [-0.3, -0.25) is 9.59 Å². The number of rotatable bonds is 8. The molecule has 0 fully saturated rings. The summed E-state index contributed by atoms with van der Waals surface area (Å²) in [5, 5.41) is 11.1. The molecule has 0 spiro atoms. The highest BCUT2D eigenvalue weighted by Gasteiger charge is 2.12. The van der Waals surface area contributed by atoms with E-state index in [1.54, 1.807) is 0 Å². The van der Waals surface area contributed by atoms with E-state index in [4.69, 9.17) is 10.8 Å². The molecular weight excluding hydrogens is 208 g/mol. The highest BCUT2D eigenvalue weighted by atomic mass is 16.4. The number of carbonyl (C=O) groups is 2. The molecule has 0 aromatic heterocycles. The zero-order valence-corrected chi connectivity index (χ0v) is 10.0. The lowest BCUT2D eigenvalue weighted by Crippen LogP contribution is -2.35. The molecule has 1 amide bonds. The number of carbonyl (C=O) groups excluding carboxylic acids is 1. The highest BCUT2D eigenvalue weighted by molar-refractivity contribution is 5.76. The molecule has 4 N–H and O–H groups in total. The van der Waals surface area contributed by atoms with Gasteiger partial charge in [-0.25, -0.2) is 0 Å². The second-order valence-corrected chi connectivity index (χ2v) is 4.31. The second kappa shape index (κ2) is 8.10. The van der Waals surface area contributed by atoms with Gasteiger partial charge in [0.25, 0.3) is 0 Å². The molecule has 0 aliphatic carbocycles. The van der Waals surface area contributed by atoms with Gasteiger partial charge in [0, 0.05) is 25.4 Å². The predicted octanol–water partition coefficient (Wildman–Crippen LogP) is 0.731. The van der Waals surface area contributed by atoms with Crippen LogP contribution in [-0.2, 0) is 9.59 Å². The third-order valence-electron chi connectivity index (χ3n) is 2.42. The maximum atomic E-state index is 11.3. The summed E-state index contributed by atoms with van der Waals surface area (Å²) in [4.78, 5) is 21.6. The van der Waals surface area contributed by atoms with Gasteiger partial charge in [-0.1, -0.05) is 13.8 Å². The Balaban J connectivity index is 3.47. The fraction of sp³-hybridized carbons (Fsp3) is 0.818. The first kappa shape index (κ1) is 14.9. The van der Waals surface area contributed by atoms with Crippen molar-refractivity contribution in [3.05, 3.63) is 0 Å². The van der Waals surface area contributed by atoms with Crippen molar-refractivity contribution in [2.45, 2.75) is 45.6 Å². The smallest absolute Gasteiger partial charge is 0.303 e. The molecule has 16 heavy (non-hydrogen) atoms. The largest absolute Gasteiger partial charge is 0.481 e. The van der Waals surface area contributed by atoms with Gasteiger partial charge >= 0.3 is 5.97 Å². The maximum absolute atomic E-state index is 11.3. The molecule has 5 heteroatoms. The van der Waals surface area contributed by atoms with Gasteiger partial charge in [0.2, 0.25) is 5.91 Å². The van der Waals surface area contributed by atoms with Gasteiger partial charge in [-0.15, -0.1) is 0 Å². The lowest BCUT2D eigenvalue weighted by molar-refractivity contribution is -0.137. The van der Waals surface area contributed by atoms with Crippen molar-refractivity contribution in [3.63, 3.8) is 0 Å². The molecular formula is C11H22N2O3. The predicted molar refractivity (Wildman–Crippen MR) is 61.9 cm³/mol. The zero-order chi connectivity index (χ0) is 12.6. The lowest BCUT2D eigenvalue weighted by Gasteiger charge is -2.14. The van der Waals surface area contributed by atoms with Crippen LogP contribution in [0.4, 0.5) is 0 Å². The molecule has 0 aromatic rings. The van der Waals surface area contributed by atoms with Crippen LogP contribution in [0.25, 0.3) is 0 Å². The van der Waals surface area contributed by atoms with Crippen molar-refractivity contribution in [3.8, 4) is 0 Å². The number of hydrogen-bond donors (Lipinski definition) is 3. The van der Waals surface area contributed by atoms with Crippen LogP contribution < -0.4 is 11.1 Å². The molecule has 1 unspecified atom stereocenters. The van der Waals surface area contributed by atoms with E-state index in [0.29, 0.717) is 25.8 Å². The zero-order valence-electron chi connectivity index (χ0n) is 10.0. The first-order chi connectivity index (χ1) is 7.43. The van der Waals surface area contributed by atoms with Crippen LogP contribution in [-0.4, -0.2) is 29.6 Å². The Hall–Kier alpha value is -1.10. The number of hydrogen-bond acceptors (Lipinski definition) is 3. The van der Waals surface area contributed by atoms with Gasteiger partial charge < -0.3 is 16.2 Å². The highest BCUT2D eigenvalue weighted by Crippen LogP contribution is 2.02. The van der Waals surface area contributed by atoms with Crippen molar-refractivity contribution in [1.82, 2.24) is 5.32 Å². The Morgan fingerprint density at radius 2 is 1.94 bits per heavy atom. The molecule has 5 nitrogen and oxygen atoms in total. The van der Waals surface area contributed by atoms with E-state index in [1.807, 2.05) is 13.8 Å². The van der Waals surface area contributed by atoms with Crippen molar-refractivity contribution in [1.29, 1.82) is 0 Å². The molecule has 94 valence electrons. The van der Waals surface area contributed by atoms with E-state index in [-0.39, 0.29) is 24.3 Å². The Morgan fingerprint density at radius 1 is 1.31 bits per heavy atom. The normalized spacial score (nSPS) is 12.5. The van der Waals surface area contributed by atoms with Crippen molar-refractivity contribution in [2.75, 3.05) is 6.54 Å². The number of nitrogens with two attached hydrogens (primary N) is 1. The van der Waals surface area contributed by atoms with E-state index in [9.17, 15) is 9.59 Å². The molecule has 1 atom stereocenters. The standard InChI is InChI=1S/C11H22N2O3/c1-8(2)9(12)7-10(14)13-6-4-3-5-11(15)16/h8-9H,3-7,12H2,1-2H3,(H,13,14)(H,15,16). The van der Waals surface area contributed by atoms with Crippen LogP contribution in [0.5, 0.6) is 0 Å². The summed E-state index contributed by atoms with van der Waals surface area (Å²) >= 11 is 0. The second-order valence-electron chi connectivity index (χ2n) is 4.31. The van der Waals surface area contributed by atoms with Crippen LogP contribution in [0.15, 0.2) is 0 Å². The monoisotopic (exact) mass is 230 g/mol. The van der Waals surface area contributed by atoms with Crippen LogP contribution in [0.3, 0.4) is 0 Å². The first-order valence-corrected chi connectivity index (χ1v) is 5.67. The fourth-order valence-corrected chi connectivity index (χ4v) is 1.15. The Kier molecular flexibility index (Phi) is 7.54. The average molecular weight is 230 g/mol. The molecule has 0 aliphatic rings. The summed E-state index contributed by atoms with van der Waals surface area (Å²) in [6.07, 6.45) is 1.76. The van der Waals surface area contributed by atoms with E-state index in [1.165, 1.54) is 0 Å². The quantitative estimate of drug-likeness (QED) is 0.536. The van der Waals surface area contributed by atoms with Crippen LogP contribution >= 0.6 is 0 Å². The molecule has 0 aliphatic heterocycles. The number of carboxylic acid groups (broad SMARTS) is 1. The lowest BCUT2D eigenvalue weighted by atomic mass is 10.0. The molecule has 0 saturated carbocycles. The third kappa shape index (κ3) is 8.23. The van der Waals surface area contributed by atoms with Crippen molar-refractivity contribution >= 4 is 11.9 Å². The first-order valence-electron chi connectivity index (χ1n) is 5.67. The van der Waals surface area contributed by atoms with Gasteiger partial charge in [0.05, 0.1) is 0 Å². The number of nitrogens with one attached hydrogen (secondary N) is 1. The summed E-state index contributed by atoms with van der Waals surface area (Å²) in [7, 11) is 0. The number of aliphatic carboxylic acids is 1. The van der Waals surface area contributed by atoms with Gasteiger partial charge in [-0.2, -0.15) is 0 Å². The van der Waals surface area contributed by atoms with E-state index >= 15 is 0 Å². The van der Waals surface area contributed by atoms with E-state index in [2.05, 4.69) is 5.32 Å².